The number of nitrogens with zero attached hydrogens (tertiary/aromatic N) is 4. The fraction of sp³-hybridized carbons (Fsp3) is 0.379. The maximum atomic E-state index is 14.0. The van der Waals surface area contributed by atoms with Crippen molar-refractivity contribution in [3.63, 3.8) is 0 Å². The van der Waals surface area contributed by atoms with Gasteiger partial charge in [-0.15, -0.1) is 0 Å². The Bertz CT molecular complexity index is 1560. The summed E-state index contributed by atoms with van der Waals surface area (Å²) in [5.74, 6) is 1.86. The van der Waals surface area contributed by atoms with Crippen molar-refractivity contribution in [2.75, 3.05) is 33.0 Å². The molecule has 4 aromatic rings. The van der Waals surface area contributed by atoms with Crippen LogP contribution in [0.15, 0.2) is 53.5 Å². The fourth-order valence-electron chi connectivity index (χ4n) is 5.60. The normalized spacial score (nSPS) is 15.8. The number of ether oxygens (including phenoxy) is 2. The van der Waals surface area contributed by atoms with Crippen LogP contribution in [-0.2, 0) is 20.1 Å². The first-order valence-electron chi connectivity index (χ1n) is 12.9. The van der Waals surface area contributed by atoms with E-state index in [1.54, 1.807) is 10.8 Å². The molecule has 8 nitrogen and oxygen atoms in total. The Morgan fingerprint density at radius 2 is 1.76 bits per heavy atom. The first-order chi connectivity index (χ1) is 17.9. The lowest BCUT2D eigenvalue weighted by atomic mass is 10.1. The molecule has 0 bridgehead atoms. The van der Waals surface area contributed by atoms with E-state index in [0.717, 1.165) is 47.4 Å². The number of carbonyl (C=O) groups is 1. The highest BCUT2D eigenvalue weighted by Crippen LogP contribution is 2.33. The SMILES string of the molecule is CC(C)Cn1cc(C(=O)N2CCN(Cc3ccc4c(c3)OCO4)CC2)c2c3ccccc3n(C)c2c1=O. The van der Waals surface area contributed by atoms with Crippen LogP contribution in [0.25, 0.3) is 21.8 Å². The van der Waals surface area contributed by atoms with E-state index in [1.807, 2.05) is 52.9 Å². The first kappa shape index (κ1) is 23.6. The molecule has 0 atom stereocenters. The lowest BCUT2D eigenvalue weighted by molar-refractivity contribution is 0.0629. The van der Waals surface area contributed by atoms with E-state index < -0.39 is 0 Å². The lowest BCUT2D eigenvalue weighted by Gasteiger charge is -2.35. The van der Waals surface area contributed by atoms with Gasteiger partial charge in [0.2, 0.25) is 6.79 Å². The maximum Gasteiger partial charge on any atom is 0.275 e. The third-order valence-electron chi connectivity index (χ3n) is 7.42. The van der Waals surface area contributed by atoms with Gasteiger partial charge in [-0.1, -0.05) is 38.1 Å². The van der Waals surface area contributed by atoms with Gasteiger partial charge in [-0.25, -0.2) is 0 Å². The molecule has 2 aromatic carbocycles. The molecule has 1 fully saturated rings. The molecule has 8 heteroatoms. The van der Waals surface area contributed by atoms with Crippen LogP contribution in [0.3, 0.4) is 0 Å². The molecule has 192 valence electrons. The molecule has 0 saturated carbocycles. The molecule has 2 aromatic heterocycles. The van der Waals surface area contributed by atoms with Crippen LogP contribution in [0.2, 0.25) is 0 Å². The number of carbonyl (C=O) groups excluding carboxylic acids is 1. The van der Waals surface area contributed by atoms with Crippen molar-refractivity contribution < 1.29 is 14.3 Å². The van der Waals surface area contributed by atoms with Gasteiger partial charge in [0.25, 0.3) is 11.5 Å². The van der Waals surface area contributed by atoms with Crippen LogP contribution in [0.4, 0.5) is 0 Å². The van der Waals surface area contributed by atoms with Gasteiger partial charge in [0.05, 0.1) is 5.56 Å². The Morgan fingerprint density at radius 1 is 1.00 bits per heavy atom. The molecular weight excluding hydrogens is 468 g/mol. The Balaban J connectivity index is 1.29. The standard InChI is InChI=1S/C29H32N4O4/c1-19(2)15-33-17-22(26-21-6-4-5-7-23(21)30(3)27(26)29(33)35)28(34)32-12-10-31(11-13-32)16-20-8-9-24-25(14-20)37-18-36-24/h4-9,14,17,19H,10-13,15-16,18H2,1-3H3. The summed E-state index contributed by atoms with van der Waals surface area (Å²) in [7, 11) is 1.91. The van der Waals surface area contributed by atoms with Crippen molar-refractivity contribution in [1.29, 1.82) is 0 Å². The molecule has 2 aliphatic heterocycles. The average molecular weight is 501 g/mol. The summed E-state index contributed by atoms with van der Waals surface area (Å²) in [6.45, 7) is 8.64. The van der Waals surface area contributed by atoms with E-state index in [9.17, 15) is 9.59 Å². The van der Waals surface area contributed by atoms with Gasteiger partial charge in [0.1, 0.15) is 5.52 Å². The van der Waals surface area contributed by atoms with E-state index in [4.69, 9.17) is 9.47 Å². The zero-order valence-electron chi connectivity index (χ0n) is 21.6. The van der Waals surface area contributed by atoms with Gasteiger partial charge in [-0.2, -0.15) is 0 Å². The topological polar surface area (TPSA) is 68.9 Å². The highest BCUT2D eigenvalue weighted by molar-refractivity contribution is 6.17. The van der Waals surface area contributed by atoms with E-state index in [-0.39, 0.29) is 24.2 Å². The molecule has 4 heterocycles. The van der Waals surface area contributed by atoms with E-state index >= 15 is 0 Å². The maximum absolute atomic E-state index is 14.0. The summed E-state index contributed by atoms with van der Waals surface area (Å²) in [5, 5.41) is 1.70. The summed E-state index contributed by atoms with van der Waals surface area (Å²) in [4.78, 5) is 31.7. The highest BCUT2D eigenvalue weighted by atomic mass is 16.7. The second kappa shape index (κ2) is 9.27. The molecule has 37 heavy (non-hydrogen) atoms. The number of rotatable bonds is 5. The zero-order chi connectivity index (χ0) is 25.7. The van der Waals surface area contributed by atoms with Crippen LogP contribution in [-0.4, -0.2) is 57.8 Å². The second-order valence-electron chi connectivity index (χ2n) is 10.4. The monoisotopic (exact) mass is 500 g/mol. The number of hydrogen-bond donors (Lipinski definition) is 0. The van der Waals surface area contributed by atoms with Crippen molar-refractivity contribution in [3.8, 4) is 11.5 Å². The fourth-order valence-corrected chi connectivity index (χ4v) is 5.60. The van der Waals surface area contributed by atoms with Gasteiger partial charge in [0, 0.05) is 68.8 Å². The molecule has 0 spiro atoms. The first-order valence-corrected chi connectivity index (χ1v) is 12.9. The van der Waals surface area contributed by atoms with Gasteiger partial charge in [-0.05, 0) is 29.7 Å². The number of aromatic nitrogens is 2. The van der Waals surface area contributed by atoms with Gasteiger partial charge < -0.3 is 23.5 Å². The van der Waals surface area contributed by atoms with Crippen molar-refractivity contribution >= 4 is 27.7 Å². The average Bonchev–Trinajstić information content (AvgIpc) is 3.48. The van der Waals surface area contributed by atoms with Gasteiger partial charge in [0.15, 0.2) is 11.5 Å². The summed E-state index contributed by atoms with van der Waals surface area (Å²) >= 11 is 0. The minimum atomic E-state index is -0.0486. The Labute approximate surface area is 215 Å². The minimum absolute atomic E-state index is 0.0124. The quantitative estimate of drug-likeness (QED) is 0.417. The van der Waals surface area contributed by atoms with Crippen molar-refractivity contribution in [2.45, 2.75) is 26.9 Å². The van der Waals surface area contributed by atoms with Crippen LogP contribution >= 0.6 is 0 Å². The summed E-state index contributed by atoms with van der Waals surface area (Å²) < 4.78 is 14.6. The predicted octanol–water partition coefficient (Wildman–Crippen LogP) is 3.84. The Hall–Kier alpha value is -3.78. The van der Waals surface area contributed by atoms with Crippen molar-refractivity contribution in [1.82, 2.24) is 18.9 Å². The molecule has 1 amide bonds. The van der Waals surface area contributed by atoms with Crippen LogP contribution in [0.5, 0.6) is 11.5 Å². The lowest BCUT2D eigenvalue weighted by Crippen LogP contribution is -2.48. The number of fused-ring (bicyclic) bond motifs is 4. The predicted molar refractivity (Wildman–Crippen MR) is 143 cm³/mol. The van der Waals surface area contributed by atoms with E-state index in [0.29, 0.717) is 30.7 Å². The molecule has 0 N–H and O–H groups in total. The number of amides is 1. The highest BCUT2D eigenvalue weighted by Gasteiger charge is 2.27. The van der Waals surface area contributed by atoms with Crippen molar-refractivity contribution in [2.24, 2.45) is 13.0 Å². The van der Waals surface area contributed by atoms with Crippen molar-refractivity contribution in [3.05, 3.63) is 70.1 Å². The molecular formula is C29H32N4O4. The smallest absolute Gasteiger partial charge is 0.275 e. The summed E-state index contributed by atoms with van der Waals surface area (Å²) in [6.07, 6.45) is 1.79. The summed E-state index contributed by atoms with van der Waals surface area (Å²) in [6, 6.07) is 14.0. The molecule has 2 aliphatic rings. The number of aryl methyl sites for hydroxylation is 1. The molecule has 0 radical (unpaired) electrons. The van der Waals surface area contributed by atoms with Gasteiger partial charge >= 0.3 is 0 Å². The summed E-state index contributed by atoms with van der Waals surface area (Å²) in [5.41, 5.74) is 3.28. The van der Waals surface area contributed by atoms with E-state index in [2.05, 4.69) is 24.8 Å². The van der Waals surface area contributed by atoms with Crippen LogP contribution in [0.1, 0.15) is 29.8 Å². The number of hydrogen-bond acceptors (Lipinski definition) is 5. The molecule has 6 rings (SSSR count). The van der Waals surface area contributed by atoms with Crippen LogP contribution in [0, 0.1) is 5.92 Å². The third-order valence-corrected chi connectivity index (χ3v) is 7.42. The number of pyridine rings is 1. The second-order valence-corrected chi connectivity index (χ2v) is 10.4. The molecule has 0 aliphatic carbocycles. The third kappa shape index (κ3) is 4.15. The molecule has 0 unspecified atom stereocenters. The van der Waals surface area contributed by atoms with Crippen LogP contribution < -0.4 is 15.0 Å². The number of benzene rings is 2. The largest absolute Gasteiger partial charge is 0.454 e. The number of piperazine rings is 1. The zero-order valence-corrected chi connectivity index (χ0v) is 21.6. The minimum Gasteiger partial charge on any atom is -0.454 e. The van der Waals surface area contributed by atoms with E-state index in [1.165, 1.54) is 5.56 Å². The Kier molecular flexibility index (Phi) is 5.91. The molecule has 1 saturated heterocycles. The number of para-hydroxylation sites is 1. The van der Waals surface area contributed by atoms with Gasteiger partial charge in [-0.3, -0.25) is 14.5 Å². The Morgan fingerprint density at radius 3 is 2.54 bits per heavy atom.